The van der Waals surface area contributed by atoms with Crippen molar-refractivity contribution < 1.29 is 19.4 Å². The maximum atomic E-state index is 12.4. The normalized spacial score (nSPS) is 18.9. The molecule has 2 aromatic carbocycles. The first-order chi connectivity index (χ1) is 26.3. The zero-order valence-corrected chi connectivity index (χ0v) is 30.9. The molecule has 0 aliphatic carbocycles. The predicted octanol–water partition coefficient (Wildman–Crippen LogP) is 7.00. The summed E-state index contributed by atoms with van der Waals surface area (Å²) >= 11 is 0. The molecule has 1 N–H and O–H groups in total. The summed E-state index contributed by atoms with van der Waals surface area (Å²) in [6.07, 6.45) is 11.2. The lowest BCUT2D eigenvalue weighted by Crippen LogP contribution is -2.47. The molecule has 0 atom stereocenters. The van der Waals surface area contributed by atoms with Crippen molar-refractivity contribution in [2.24, 2.45) is 5.41 Å². The van der Waals surface area contributed by atoms with Crippen molar-refractivity contribution in [3.05, 3.63) is 89.9 Å². The molecular formula is C43H47N7O4. The van der Waals surface area contributed by atoms with Crippen molar-refractivity contribution in [3.63, 3.8) is 0 Å². The Morgan fingerprint density at radius 1 is 0.852 bits per heavy atom. The summed E-state index contributed by atoms with van der Waals surface area (Å²) in [5.74, 6) is 0.223. The Kier molecular flexibility index (Phi) is 9.05. The van der Waals surface area contributed by atoms with Crippen molar-refractivity contribution in [1.82, 2.24) is 24.6 Å². The second-order valence-electron chi connectivity index (χ2n) is 15.6. The summed E-state index contributed by atoms with van der Waals surface area (Å²) in [6, 6.07) is 20.4. The number of anilines is 2. The topological polar surface area (TPSA) is 117 Å². The molecule has 4 aliphatic heterocycles. The van der Waals surface area contributed by atoms with Crippen molar-refractivity contribution in [2.45, 2.75) is 64.5 Å². The largest absolute Gasteiger partial charge is 0.478 e. The van der Waals surface area contributed by atoms with Crippen molar-refractivity contribution in [2.75, 3.05) is 55.7 Å². The van der Waals surface area contributed by atoms with E-state index in [2.05, 4.69) is 50.9 Å². The lowest BCUT2D eigenvalue weighted by atomic mass is 9.71. The number of rotatable bonds is 6. The number of carboxylic acids is 1. The number of aromatic carboxylic acids is 1. The number of aromatic nitrogens is 4. The highest BCUT2D eigenvalue weighted by molar-refractivity contribution is 5.97. The molecule has 3 aromatic heterocycles. The third-order valence-electron chi connectivity index (χ3n) is 12.6. The molecule has 278 valence electrons. The predicted molar refractivity (Wildman–Crippen MR) is 209 cm³/mol. The van der Waals surface area contributed by atoms with Gasteiger partial charge >= 0.3 is 5.97 Å². The van der Waals surface area contributed by atoms with E-state index in [1.54, 1.807) is 19.1 Å². The van der Waals surface area contributed by atoms with E-state index in [1.807, 2.05) is 29.4 Å². The summed E-state index contributed by atoms with van der Waals surface area (Å²) in [4.78, 5) is 40.3. The van der Waals surface area contributed by atoms with Crippen LogP contribution in [0.25, 0.3) is 33.3 Å². The van der Waals surface area contributed by atoms with Gasteiger partial charge in [0.05, 0.1) is 23.0 Å². The molecule has 0 radical (unpaired) electrons. The summed E-state index contributed by atoms with van der Waals surface area (Å²) in [5.41, 5.74) is 8.08. The lowest BCUT2D eigenvalue weighted by molar-refractivity contribution is -0.129. The number of carbonyl (C=O) groups is 2. The van der Waals surface area contributed by atoms with E-state index < -0.39 is 5.97 Å². The van der Waals surface area contributed by atoms with E-state index >= 15 is 0 Å². The van der Waals surface area contributed by atoms with Gasteiger partial charge in [-0.3, -0.25) is 14.5 Å². The maximum Gasteiger partial charge on any atom is 0.335 e. The molecule has 54 heavy (non-hydrogen) atoms. The molecule has 0 bridgehead atoms. The number of fused-ring (bicyclic) bond motifs is 2. The first-order valence-electron chi connectivity index (χ1n) is 19.5. The fourth-order valence-electron chi connectivity index (χ4n) is 9.19. The molecule has 3 saturated heterocycles. The molecule has 7 heterocycles. The van der Waals surface area contributed by atoms with Crippen LogP contribution < -0.4 is 9.80 Å². The van der Waals surface area contributed by atoms with Gasteiger partial charge in [-0.1, -0.05) is 18.2 Å². The fourth-order valence-corrected chi connectivity index (χ4v) is 9.19. The number of ether oxygens (including phenoxy) is 1. The van der Waals surface area contributed by atoms with Crippen LogP contribution in [-0.4, -0.2) is 87.6 Å². The van der Waals surface area contributed by atoms with Crippen LogP contribution in [0.1, 0.15) is 73.1 Å². The molecule has 11 heteroatoms. The third-order valence-corrected chi connectivity index (χ3v) is 12.6. The fraction of sp³-hybridized carbons (Fsp3) is 0.419. The summed E-state index contributed by atoms with van der Waals surface area (Å²) in [7, 11) is 0. The Hall–Kier alpha value is -5.29. The van der Waals surface area contributed by atoms with Gasteiger partial charge in [0.1, 0.15) is 5.82 Å². The van der Waals surface area contributed by atoms with Gasteiger partial charge in [0, 0.05) is 112 Å². The van der Waals surface area contributed by atoms with Crippen LogP contribution >= 0.6 is 0 Å². The number of pyridine rings is 2. The van der Waals surface area contributed by atoms with Gasteiger partial charge in [0.15, 0.2) is 0 Å². The average Bonchev–Trinajstić information content (AvgIpc) is 3.60. The number of nitrogens with zero attached hydrogens (tertiary/aromatic N) is 7. The van der Waals surface area contributed by atoms with Gasteiger partial charge in [-0.15, -0.1) is 0 Å². The van der Waals surface area contributed by atoms with Crippen LogP contribution in [-0.2, 0) is 22.5 Å². The van der Waals surface area contributed by atoms with Gasteiger partial charge in [-0.2, -0.15) is 5.10 Å². The third kappa shape index (κ3) is 6.48. The Bertz CT molecular complexity index is 2170. The van der Waals surface area contributed by atoms with Crippen LogP contribution in [0.4, 0.5) is 11.5 Å². The minimum atomic E-state index is -0.885. The Labute approximate surface area is 315 Å². The molecule has 4 aliphatic rings. The van der Waals surface area contributed by atoms with Gasteiger partial charge < -0.3 is 24.5 Å². The van der Waals surface area contributed by atoms with Gasteiger partial charge in [0.25, 0.3) is 0 Å². The van der Waals surface area contributed by atoms with E-state index in [4.69, 9.17) is 19.8 Å². The number of carboxylic acid groups (broad SMARTS) is 1. The monoisotopic (exact) mass is 725 g/mol. The minimum absolute atomic E-state index is 0.0968. The Morgan fingerprint density at radius 3 is 2.28 bits per heavy atom. The van der Waals surface area contributed by atoms with Crippen molar-refractivity contribution >= 4 is 34.2 Å². The van der Waals surface area contributed by atoms with Crippen LogP contribution in [0.2, 0.25) is 0 Å². The van der Waals surface area contributed by atoms with E-state index in [0.29, 0.717) is 23.6 Å². The summed E-state index contributed by atoms with van der Waals surface area (Å²) in [5, 5.41) is 16.7. The lowest BCUT2D eigenvalue weighted by Gasteiger charge is -2.47. The minimum Gasteiger partial charge on any atom is -0.478 e. The molecule has 0 unspecified atom stereocenters. The molecule has 1 amide bonds. The Balaban J connectivity index is 0.893. The molecule has 1 spiro atoms. The van der Waals surface area contributed by atoms with Gasteiger partial charge in [-0.25, -0.2) is 9.78 Å². The highest BCUT2D eigenvalue weighted by Crippen LogP contribution is 2.43. The number of benzene rings is 2. The maximum absolute atomic E-state index is 12.4. The SMILES string of the molecule is CC(=O)N1CCc2c(c(-c3cccc4cc(-c5ccc(N6CCC7(CCN(c8ccc(C(=O)O)cc8)CC7)CC6)nc5)ncc34)nn2C2CCOCC2)C1. The molecule has 5 aromatic rings. The molecule has 0 saturated carbocycles. The first kappa shape index (κ1) is 34.5. The second kappa shape index (κ2) is 14.2. The molecule has 3 fully saturated rings. The second-order valence-corrected chi connectivity index (χ2v) is 15.6. The highest BCUT2D eigenvalue weighted by atomic mass is 16.5. The van der Waals surface area contributed by atoms with Gasteiger partial charge in [-0.05, 0) is 91.8 Å². The van der Waals surface area contributed by atoms with Crippen LogP contribution in [0, 0.1) is 5.41 Å². The number of hydrogen-bond acceptors (Lipinski definition) is 8. The summed E-state index contributed by atoms with van der Waals surface area (Å²) in [6.45, 7) is 8.44. The van der Waals surface area contributed by atoms with Crippen LogP contribution in [0.3, 0.4) is 0 Å². The number of piperidine rings is 2. The number of amides is 1. The van der Waals surface area contributed by atoms with Crippen molar-refractivity contribution in [3.8, 4) is 22.5 Å². The quantitative estimate of drug-likeness (QED) is 0.198. The Morgan fingerprint density at radius 2 is 1.59 bits per heavy atom. The van der Waals surface area contributed by atoms with E-state index in [9.17, 15) is 14.7 Å². The highest BCUT2D eigenvalue weighted by Gasteiger charge is 2.38. The first-order valence-corrected chi connectivity index (χ1v) is 19.5. The zero-order valence-electron chi connectivity index (χ0n) is 30.9. The van der Waals surface area contributed by atoms with E-state index in [-0.39, 0.29) is 5.91 Å². The standard InChI is InChI=1S/C43H47N7O4/c1-29(51)49-18-11-39-37(28-49)41(46-50(39)34-12-23-54-24-13-34)35-4-2-3-31-25-38(44-27-36(31)35)32-7-10-40(45-26-32)48-21-16-43(17-22-48)14-19-47(20-15-43)33-8-5-30(6-9-33)42(52)53/h2-10,25-27,34H,11-24,28H2,1H3,(H,52,53). The summed E-state index contributed by atoms with van der Waals surface area (Å²) < 4.78 is 7.92. The number of carbonyl (C=O) groups excluding carboxylic acids is 1. The zero-order chi connectivity index (χ0) is 36.8. The van der Waals surface area contributed by atoms with E-state index in [1.165, 1.54) is 5.69 Å². The van der Waals surface area contributed by atoms with Crippen LogP contribution in [0.15, 0.2) is 73.1 Å². The van der Waals surface area contributed by atoms with E-state index in [0.717, 1.165) is 141 Å². The molecular weight excluding hydrogens is 679 g/mol. The molecule has 11 nitrogen and oxygen atoms in total. The average molecular weight is 726 g/mol. The van der Waals surface area contributed by atoms with Gasteiger partial charge in [0.2, 0.25) is 5.91 Å². The van der Waals surface area contributed by atoms with Crippen LogP contribution in [0.5, 0.6) is 0 Å². The number of hydrogen-bond donors (Lipinski definition) is 1. The molecule has 9 rings (SSSR count). The smallest absolute Gasteiger partial charge is 0.335 e. The van der Waals surface area contributed by atoms with Crippen molar-refractivity contribution in [1.29, 1.82) is 0 Å².